The number of non-ortho nitro benzene ring substituents is 1. The summed E-state index contributed by atoms with van der Waals surface area (Å²) in [5.41, 5.74) is 1.31. The van der Waals surface area contributed by atoms with Crippen LogP contribution in [0.5, 0.6) is 23.0 Å². The summed E-state index contributed by atoms with van der Waals surface area (Å²) < 4.78 is 17.1. The molecule has 45 heavy (non-hydrogen) atoms. The van der Waals surface area contributed by atoms with Crippen LogP contribution in [0, 0.1) is 10.1 Å². The number of benzene rings is 5. The Kier molecular flexibility index (Phi) is 7.96. The van der Waals surface area contributed by atoms with Gasteiger partial charge >= 0.3 is 5.97 Å². The molecule has 0 unspecified atom stereocenters. The molecule has 5 aromatic rings. The Morgan fingerprint density at radius 2 is 1.38 bits per heavy atom. The minimum atomic E-state index is -0.647. The molecular weight excluding hydrogens is 600 g/mol. The van der Waals surface area contributed by atoms with Crippen LogP contribution in [-0.2, 0) is 11.3 Å². The zero-order valence-corrected chi connectivity index (χ0v) is 24.0. The molecule has 222 valence electrons. The fourth-order valence-electron chi connectivity index (χ4n) is 4.63. The quantitative estimate of drug-likeness (QED) is 0.0702. The second-order valence-corrected chi connectivity index (χ2v) is 10.2. The predicted molar refractivity (Wildman–Crippen MR) is 164 cm³/mol. The van der Waals surface area contributed by atoms with Gasteiger partial charge in [0.2, 0.25) is 0 Å². The van der Waals surface area contributed by atoms with Gasteiger partial charge in [-0.3, -0.25) is 19.7 Å². The van der Waals surface area contributed by atoms with Crippen LogP contribution in [0.1, 0.15) is 36.6 Å². The van der Waals surface area contributed by atoms with Gasteiger partial charge in [-0.05, 0) is 84.4 Å². The average molecular weight is 621 g/mol. The maximum absolute atomic E-state index is 13.5. The standard InChI is InChI=1S/C34H21ClN2O8/c35-23-9-15-28(16-10-23)45-30-6-2-5-29-31(30)33(39)36(32(29)38)25-4-1-3-22(19-25)34(40)43-20-21-7-13-26(14-8-21)44-27-17-11-24(12-18-27)37(41)42/h1-19H,20H2. The fourth-order valence-corrected chi connectivity index (χ4v) is 4.76. The van der Waals surface area contributed by atoms with Crippen molar-refractivity contribution in [2.45, 2.75) is 6.61 Å². The van der Waals surface area contributed by atoms with Crippen LogP contribution in [-0.4, -0.2) is 22.7 Å². The zero-order valence-electron chi connectivity index (χ0n) is 23.2. The van der Waals surface area contributed by atoms with Crippen LogP contribution >= 0.6 is 11.6 Å². The highest BCUT2D eigenvalue weighted by atomic mass is 35.5. The van der Waals surface area contributed by atoms with Crippen molar-refractivity contribution in [1.29, 1.82) is 0 Å². The molecule has 0 aliphatic carbocycles. The van der Waals surface area contributed by atoms with Crippen molar-refractivity contribution in [2.24, 2.45) is 0 Å². The number of imide groups is 1. The van der Waals surface area contributed by atoms with Gasteiger partial charge in [0.15, 0.2) is 0 Å². The summed E-state index contributed by atoms with van der Waals surface area (Å²) >= 11 is 5.95. The first kappa shape index (κ1) is 29.1. The Morgan fingerprint density at radius 1 is 0.756 bits per heavy atom. The molecule has 0 radical (unpaired) electrons. The average Bonchev–Trinajstić information content (AvgIpc) is 3.31. The number of ether oxygens (including phenoxy) is 3. The van der Waals surface area contributed by atoms with Crippen molar-refractivity contribution in [3.63, 3.8) is 0 Å². The lowest BCUT2D eigenvalue weighted by Gasteiger charge is -2.15. The van der Waals surface area contributed by atoms with Crippen LogP contribution in [0.15, 0.2) is 115 Å². The molecule has 0 atom stereocenters. The van der Waals surface area contributed by atoms with E-state index in [4.69, 9.17) is 25.8 Å². The molecule has 0 saturated heterocycles. The van der Waals surface area contributed by atoms with E-state index in [-0.39, 0.29) is 40.4 Å². The second-order valence-electron chi connectivity index (χ2n) is 9.80. The lowest BCUT2D eigenvalue weighted by molar-refractivity contribution is -0.384. The van der Waals surface area contributed by atoms with E-state index in [9.17, 15) is 24.5 Å². The van der Waals surface area contributed by atoms with Gasteiger partial charge in [-0.15, -0.1) is 0 Å². The normalized spacial score (nSPS) is 12.1. The van der Waals surface area contributed by atoms with E-state index < -0.39 is 22.7 Å². The molecule has 0 fully saturated rings. The molecule has 1 aliphatic heterocycles. The van der Waals surface area contributed by atoms with E-state index in [1.54, 1.807) is 78.9 Å². The highest BCUT2D eigenvalue weighted by Crippen LogP contribution is 2.36. The first-order valence-electron chi connectivity index (χ1n) is 13.5. The molecule has 0 spiro atoms. The number of carbonyl (C=O) groups is 3. The number of halogens is 1. The van der Waals surface area contributed by atoms with E-state index in [1.807, 2.05) is 0 Å². The Bertz CT molecular complexity index is 1940. The van der Waals surface area contributed by atoms with Crippen molar-refractivity contribution >= 4 is 40.8 Å². The van der Waals surface area contributed by atoms with Gasteiger partial charge in [0.25, 0.3) is 17.5 Å². The van der Waals surface area contributed by atoms with Gasteiger partial charge in [0.05, 0.1) is 27.3 Å². The van der Waals surface area contributed by atoms with E-state index in [0.717, 1.165) is 4.90 Å². The molecule has 0 N–H and O–H groups in total. The van der Waals surface area contributed by atoms with Crippen LogP contribution in [0.2, 0.25) is 5.02 Å². The predicted octanol–water partition coefficient (Wildman–Crippen LogP) is 7.99. The topological polar surface area (TPSA) is 125 Å². The maximum Gasteiger partial charge on any atom is 0.338 e. The third-order valence-corrected chi connectivity index (χ3v) is 7.09. The van der Waals surface area contributed by atoms with E-state index >= 15 is 0 Å². The Hall–Kier alpha value is -6.00. The van der Waals surface area contributed by atoms with Gasteiger partial charge in [0.1, 0.15) is 29.6 Å². The molecular formula is C34H21ClN2O8. The summed E-state index contributed by atoms with van der Waals surface area (Å²) in [4.78, 5) is 51.1. The monoisotopic (exact) mass is 620 g/mol. The molecule has 10 nitrogen and oxygen atoms in total. The van der Waals surface area contributed by atoms with Crippen molar-refractivity contribution in [2.75, 3.05) is 4.90 Å². The minimum Gasteiger partial charge on any atom is -0.457 e. The summed E-state index contributed by atoms with van der Waals surface area (Å²) in [5, 5.41) is 11.3. The molecule has 5 aromatic carbocycles. The molecule has 0 aromatic heterocycles. The van der Waals surface area contributed by atoms with Crippen molar-refractivity contribution in [3.05, 3.63) is 153 Å². The first-order chi connectivity index (χ1) is 21.8. The number of carbonyl (C=O) groups excluding carboxylic acids is 3. The first-order valence-corrected chi connectivity index (χ1v) is 13.9. The highest BCUT2D eigenvalue weighted by Gasteiger charge is 2.39. The number of rotatable bonds is 9. The zero-order chi connectivity index (χ0) is 31.5. The lowest BCUT2D eigenvalue weighted by atomic mass is 10.1. The maximum atomic E-state index is 13.5. The molecule has 1 heterocycles. The van der Waals surface area contributed by atoms with E-state index in [2.05, 4.69) is 0 Å². The van der Waals surface area contributed by atoms with Gasteiger partial charge in [-0.1, -0.05) is 35.9 Å². The number of nitro groups is 1. The van der Waals surface area contributed by atoms with Crippen LogP contribution in [0.4, 0.5) is 11.4 Å². The third-order valence-electron chi connectivity index (χ3n) is 6.83. The number of hydrogen-bond donors (Lipinski definition) is 0. The summed E-state index contributed by atoms with van der Waals surface area (Å²) in [7, 11) is 0. The van der Waals surface area contributed by atoms with Crippen LogP contribution < -0.4 is 14.4 Å². The number of anilines is 1. The van der Waals surface area contributed by atoms with Gasteiger partial charge in [0, 0.05) is 17.2 Å². The van der Waals surface area contributed by atoms with Crippen LogP contribution in [0.3, 0.4) is 0 Å². The molecule has 2 amide bonds. The number of hydrogen-bond acceptors (Lipinski definition) is 8. The molecule has 6 rings (SSSR count). The third kappa shape index (κ3) is 6.22. The largest absolute Gasteiger partial charge is 0.457 e. The van der Waals surface area contributed by atoms with Gasteiger partial charge in [-0.25, -0.2) is 9.69 Å². The number of nitro benzene ring substituents is 1. The summed E-state index contributed by atoms with van der Waals surface area (Å²) in [5.74, 6) is -0.179. The van der Waals surface area contributed by atoms with Gasteiger partial charge in [-0.2, -0.15) is 0 Å². The second kappa shape index (κ2) is 12.3. The van der Waals surface area contributed by atoms with E-state index in [1.165, 1.54) is 36.4 Å². The molecule has 0 bridgehead atoms. The smallest absolute Gasteiger partial charge is 0.338 e. The Morgan fingerprint density at radius 3 is 2.07 bits per heavy atom. The lowest BCUT2D eigenvalue weighted by Crippen LogP contribution is -2.29. The summed E-state index contributed by atoms with van der Waals surface area (Å²) in [6, 6.07) is 29.9. The SMILES string of the molecule is O=C(OCc1ccc(Oc2ccc([N+](=O)[O-])cc2)cc1)c1cccc(N2C(=O)c3cccc(Oc4ccc(Cl)cc4)c3C2=O)c1. The molecule has 1 aliphatic rings. The minimum absolute atomic E-state index is 0.0391. The number of esters is 1. The fraction of sp³-hybridized carbons (Fsp3) is 0.0294. The molecule has 11 heteroatoms. The number of amides is 2. The van der Waals surface area contributed by atoms with Gasteiger partial charge < -0.3 is 14.2 Å². The summed E-state index contributed by atoms with van der Waals surface area (Å²) in [6.07, 6.45) is 0. The summed E-state index contributed by atoms with van der Waals surface area (Å²) in [6.45, 7) is -0.0424. The van der Waals surface area contributed by atoms with Crippen molar-refractivity contribution < 1.29 is 33.5 Å². The highest BCUT2D eigenvalue weighted by molar-refractivity contribution is 6.35. The van der Waals surface area contributed by atoms with Crippen molar-refractivity contribution in [1.82, 2.24) is 0 Å². The Labute approximate surface area is 261 Å². The molecule has 0 saturated carbocycles. The van der Waals surface area contributed by atoms with E-state index in [0.29, 0.717) is 27.8 Å². The number of nitrogens with zero attached hydrogens (tertiary/aromatic N) is 2. The Balaban J connectivity index is 1.11. The van der Waals surface area contributed by atoms with Crippen LogP contribution in [0.25, 0.3) is 0 Å². The van der Waals surface area contributed by atoms with Crippen molar-refractivity contribution in [3.8, 4) is 23.0 Å². The number of fused-ring (bicyclic) bond motifs is 1.